The molecule has 0 aliphatic rings. The average Bonchev–Trinajstić information content (AvgIpc) is 2.37. The van der Waals surface area contributed by atoms with Gasteiger partial charge in [-0.05, 0) is 12.1 Å². The van der Waals surface area contributed by atoms with Crippen molar-refractivity contribution < 1.29 is 14.6 Å². The first-order valence-electron chi connectivity index (χ1n) is 5.55. The lowest BCUT2D eigenvalue weighted by molar-refractivity contribution is -0.136. The van der Waals surface area contributed by atoms with E-state index in [4.69, 9.17) is 9.84 Å². The summed E-state index contributed by atoms with van der Waals surface area (Å²) in [6.45, 7) is 0. The molecular formula is C13H12N2O4. The van der Waals surface area contributed by atoms with Crippen LogP contribution in [0, 0.1) is 0 Å². The number of aromatic amines is 1. The summed E-state index contributed by atoms with van der Waals surface area (Å²) in [6, 6.07) is 8.22. The van der Waals surface area contributed by atoms with E-state index in [0.717, 1.165) is 0 Å². The molecule has 6 heteroatoms. The van der Waals surface area contributed by atoms with Gasteiger partial charge < -0.3 is 14.8 Å². The lowest BCUT2D eigenvalue weighted by Gasteiger charge is -2.08. The van der Waals surface area contributed by atoms with Crippen molar-refractivity contribution in [3.8, 4) is 17.1 Å². The Morgan fingerprint density at radius 2 is 2.16 bits per heavy atom. The third-order valence-electron chi connectivity index (χ3n) is 2.49. The number of carboxylic acid groups (broad SMARTS) is 1. The second-order valence-corrected chi connectivity index (χ2v) is 3.86. The van der Waals surface area contributed by atoms with Gasteiger partial charge in [0.15, 0.2) is 0 Å². The van der Waals surface area contributed by atoms with Crippen LogP contribution in [0.15, 0.2) is 35.1 Å². The molecule has 1 heterocycles. The molecule has 98 valence electrons. The number of para-hydroxylation sites is 1. The molecule has 0 amide bonds. The van der Waals surface area contributed by atoms with Crippen molar-refractivity contribution in [3.63, 3.8) is 0 Å². The zero-order valence-corrected chi connectivity index (χ0v) is 10.2. The summed E-state index contributed by atoms with van der Waals surface area (Å²) in [5, 5.41) is 8.74. The normalized spacial score (nSPS) is 10.2. The van der Waals surface area contributed by atoms with Gasteiger partial charge in [0.2, 0.25) is 0 Å². The van der Waals surface area contributed by atoms with Crippen LogP contribution in [0.1, 0.15) is 5.69 Å². The number of H-pyrrole nitrogens is 1. The molecule has 2 rings (SSSR count). The Bertz CT molecular complexity index is 664. The quantitative estimate of drug-likeness (QED) is 0.857. The number of methoxy groups -OCH3 is 1. The number of hydrogen-bond donors (Lipinski definition) is 2. The maximum atomic E-state index is 11.5. The fourth-order valence-electron chi connectivity index (χ4n) is 1.72. The van der Waals surface area contributed by atoms with E-state index >= 15 is 0 Å². The highest BCUT2D eigenvalue weighted by atomic mass is 16.5. The molecule has 2 aromatic rings. The Kier molecular flexibility index (Phi) is 3.61. The third kappa shape index (κ3) is 2.98. The number of nitrogens with one attached hydrogen (secondary N) is 1. The van der Waals surface area contributed by atoms with Crippen LogP contribution in [0.25, 0.3) is 11.4 Å². The minimum absolute atomic E-state index is 0.206. The molecule has 1 aromatic carbocycles. The molecule has 0 spiro atoms. The number of hydrogen-bond acceptors (Lipinski definition) is 4. The molecule has 0 bridgehead atoms. The smallest absolute Gasteiger partial charge is 0.309 e. The van der Waals surface area contributed by atoms with E-state index in [2.05, 4.69) is 9.97 Å². The van der Waals surface area contributed by atoms with Crippen LogP contribution in [0.4, 0.5) is 0 Å². The number of rotatable bonds is 4. The monoisotopic (exact) mass is 260 g/mol. The lowest BCUT2D eigenvalue weighted by Crippen LogP contribution is -2.13. The SMILES string of the molecule is COc1ccccc1-c1nc(CC(=O)O)cc(=O)[nH]1. The summed E-state index contributed by atoms with van der Waals surface area (Å²) in [7, 11) is 1.51. The van der Waals surface area contributed by atoms with Crippen LogP contribution >= 0.6 is 0 Å². The molecule has 6 nitrogen and oxygen atoms in total. The molecule has 0 aliphatic heterocycles. The van der Waals surface area contributed by atoms with Crippen LogP contribution in [0.2, 0.25) is 0 Å². The molecule has 0 radical (unpaired) electrons. The van der Waals surface area contributed by atoms with Crippen LogP contribution < -0.4 is 10.3 Å². The van der Waals surface area contributed by atoms with Gasteiger partial charge in [0.05, 0.1) is 24.8 Å². The molecule has 0 saturated carbocycles. The zero-order chi connectivity index (χ0) is 13.8. The van der Waals surface area contributed by atoms with Crippen molar-refractivity contribution in [2.75, 3.05) is 7.11 Å². The molecule has 19 heavy (non-hydrogen) atoms. The Balaban J connectivity index is 2.53. The molecule has 0 atom stereocenters. The molecule has 0 unspecified atom stereocenters. The van der Waals surface area contributed by atoms with Gasteiger partial charge in [-0.2, -0.15) is 0 Å². The average molecular weight is 260 g/mol. The number of aliphatic carboxylic acids is 1. The van der Waals surface area contributed by atoms with Crippen LogP contribution in [0.3, 0.4) is 0 Å². The molecule has 0 saturated heterocycles. The molecule has 0 aliphatic carbocycles. The van der Waals surface area contributed by atoms with Crippen molar-refractivity contribution >= 4 is 5.97 Å². The Hall–Kier alpha value is -2.63. The standard InChI is InChI=1S/C13H12N2O4/c1-19-10-5-3-2-4-9(10)13-14-8(7-12(17)18)6-11(16)15-13/h2-6H,7H2,1H3,(H,17,18)(H,14,15,16). The first-order valence-corrected chi connectivity index (χ1v) is 5.55. The van der Waals surface area contributed by atoms with Crippen molar-refractivity contribution in [1.82, 2.24) is 9.97 Å². The van der Waals surface area contributed by atoms with Gasteiger partial charge in [0.1, 0.15) is 11.6 Å². The van der Waals surface area contributed by atoms with Crippen molar-refractivity contribution in [2.45, 2.75) is 6.42 Å². The highest BCUT2D eigenvalue weighted by Crippen LogP contribution is 2.25. The van der Waals surface area contributed by atoms with E-state index < -0.39 is 11.5 Å². The maximum absolute atomic E-state index is 11.5. The second-order valence-electron chi connectivity index (χ2n) is 3.86. The number of nitrogens with zero attached hydrogens (tertiary/aromatic N) is 1. The van der Waals surface area contributed by atoms with Crippen LogP contribution in [-0.2, 0) is 11.2 Å². The number of benzene rings is 1. The van der Waals surface area contributed by atoms with Crippen LogP contribution in [-0.4, -0.2) is 28.2 Å². The number of ether oxygens (including phenoxy) is 1. The fraction of sp³-hybridized carbons (Fsp3) is 0.154. The Morgan fingerprint density at radius 3 is 2.84 bits per heavy atom. The summed E-state index contributed by atoms with van der Waals surface area (Å²) >= 11 is 0. The lowest BCUT2D eigenvalue weighted by atomic mass is 10.2. The largest absolute Gasteiger partial charge is 0.496 e. The van der Waals surface area contributed by atoms with Gasteiger partial charge in [0.25, 0.3) is 5.56 Å². The van der Waals surface area contributed by atoms with E-state index in [1.54, 1.807) is 24.3 Å². The van der Waals surface area contributed by atoms with E-state index in [-0.39, 0.29) is 12.1 Å². The molecule has 1 aromatic heterocycles. The van der Waals surface area contributed by atoms with Crippen LogP contribution in [0.5, 0.6) is 5.75 Å². The summed E-state index contributed by atoms with van der Waals surface area (Å²) in [4.78, 5) is 28.9. The van der Waals surface area contributed by atoms with Crippen molar-refractivity contribution in [2.24, 2.45) is 0 Å². The van der Waals surface area contributed by atoms with Gasteiger partial charge in [-0.3, -0.25) is 9.59 Å². The van der Waals surface area contributed by atoms with Gasteiger partial charge in [0, 0.05) is 6.07 Å². The maximum Gasteiger partial charge on any atom is 0.309 e. The number of carbonyl (C=O) groups is 1. The van der Waals surface area contributed by atoms with Crippen molar-refractivity contribution in [3.05, 3.63) is 46.4 Å². The Morgan fingerprint density at radius 1 is 1.42 bits per heavy atom. The van der Waals surface area contributed by atoms with Gasteiger partial charge in [-0.1, -0.05) is 12.1 Å². The van der Waals surface area contributed by atoms with E-state index in [1.165, 1.54) is 13.2 Å². The Labute approximate surface area is 108 Å². The van der Waals surface area contributed by atoms with E-state index in [0.29, 0.717) is 17.1 Å². The highest BCUT2D eigenvalue weighted by molar-refractivity contribution is 5.70. The van der Waals surface area contributed by atoms with Crippen molar-refractivity contribution in [1.29, 1.82) is 0 Å². The fourth-order valence-corrected chi connectivity index (χ4v) is 1.72. The number of aromatic nitrogens is 2. The van der Waals surface area contributed by atoms with Gasteiger partial charge >= 0.3 is 5.97 Å². The van der Waals surface area contributed by atoms with Gasteiger partial charge in [-0.15, -0.1) is 0 Å². The molecular weight excluding hydrogens is 248 g/mol. The van der Waals surface area contributed by atoms with Gasteiger partial charge in [-0.25, -0.2) is 4.98 Å². The topological polar surface area (TPSA) is 92.3 Å². The predicted molar refractivity (Wildman–Crippen MR) is 68.2 cm³/mol. The number of carboxylic acids is 1. The van der Waals surface area contributed by atoms with E-state index in [9.17, 15) is 9.59 Å². The molecule has 0 fully saturated rings. The predicted octanol–water partition coefficient (Wildman–Crippen LogP) is 1.07. The minimum Gasteiger partial charge on any atom is -0.496 e. The summed E-state index contributed by atoms with van der Waals surface area (Å²) in [5.41, 5.74) is 0.415. The first-order chi connectivity index (χ1) is 9.10. The first kappa shape index (κ1) is 12.8. The summed E-state index contributed by atoms with van der Waals surface area (Å²) < 4.78 is 5.18. The summed E-state index contributed by atoms with van der Waals surface area (Å²) in [5.74, 6) is -0.191. The molecule has 2 N–H and O–H groups in total. The van der Waals surface area contributed by atoms with E-state index in [1.807, 2.05) is 0 Å². The zero-order valence-electron chi connectivity index (χ0n) is 10.2. The minimum atomic E-state index is -1.04. The highest BCUT2D eigenvalue weighted by Gasteiger charge is 2.10. The summed E-state index contributed by atoms with van der Waals surface area (Å²) in [6.07, 6.45) is -0.300. The second kappa shape index (κ2) is 5.34. The third-order valence-corrected chi connectivity index (χ3v) is 2.49.